The molecule has 0 N–H and O–H groups in total. The van der Waals surface area contributed by atoms with E-state index in [0.29, 0.717) is 6.54 Å². The van der Waals surface area contributed by atoms with Gasteiger partial charge in [-0.2, -0.15) is 0 Å². The van der Waals surface area contributed by atoms with Crippen LogP contribution in [0.4, 0.5) is 5.69 Å². The molecule has 5 nitrogen and oxygen atoms in total. The summed E-state index contributed by atoms with van der Waals surface area (Å²) in [6, 6.07) is 7.90. The molecule has 0 unspecified atom stereocenters. The fourth-order valence-electron chi connectivity index (χ4n) is 2.76. The Balaban J connectivity index is 1.70. The lowest BCUT2D eigenvalue weighted by Gasteiger charge is -2.22. The predicted molar refractivity (Wildman–Crippen MR) is 100 cm³/mol. The summed E-state index contributed by atoms with van der Waals surface area (Å²) in [6.45, 7) is 5.55. The second-order valence-corrected chi connectivity index (χ2v) is 7.70. The highest BCUT2D eigenvalue weighted by Crippen LogP contribution is 2.25. The van der Waals surface area contributed by atoms with Gasteiger partial charge in [0.05, 0.1) is 28.0 Å². The van der Waals surface area contributed by atoms with E-state index < -0.39 is 0 Å². The third-order valence-electron chi connectivity index (χ3n) is 3.95. The van der Waals surface area contributed by atoms with Crippen LogP contribution in [-0.2, 0) is 6.54 Å². The van der Waals surface area contributed by atoms with Crippen LogP contribution >= 0.6 is 22.7 Å². The van der Waals surface area contributed by atoms with Crippen molar-refractivity contribution < 1.29 is 0 Å². The maximum Gasteiger partial charge on any atom is 0.258 e. The van der Waals surface area contributed by atoms with Crippen LogP contribution in [0.15, 0.2) is 40.8 Å². The minimum absolute atomic E-state index is 0.0201. The molecule has 3 heterocycles. The van der Waals surface area contributed by atoms with Crippen molar-refractivity contribution in [3.05, 3.63) is 56.9 Å². The standard InChI is InChI=1S/C17H16N4OS2/c1-3-20(13-4-5-14-15(7-13)23-10-18-14)9-12-6-16(22)21-8-11(2)24-17(21)19-12/h4-8,10H,3,9H2,1-2H3. The molecule has 0 amide bonds. The number of aryl methyl sites for hydroxylation is 1. The normalized spacial score (nSPS) is 11.4. The Morgan fingerprint density at radius 1 is 1.29 bits per heavy atom. The first-order valence-corrected chi connectivity index (χ1v) is 9.40. The van der Waals surface area contributed by atoms with Crippen LogP contribution in [0.25, 0.3) is 15.2 Å². The number of nitrogens with zero attached hydrogens (tertiary/aromatic N) is 4. The third kappa shape index (κ3) is 2.70. The summed E-state index contributed by atoms with van der Waals surface area (Å²) in [6.07, 6.45) is 1.84. The monoisotopic (exact) mass is 356 g/mol. The lowest BCUT2D eigenvalue weighted by Crippen LogP contribution is -2.24. The molecule has 1 aromatic carbocycles. The van der Waals surface area contributed by atoms with Crippen molar-refractivity contribution in [2.24, 2.45) is 0 Å². The van der Waals surface area contributed by atoms with Gasteiger partial charge in [0.15, 0.2) is 4.96 Å². The van der Waals surface area contributed by atoms with Crippen LogP contribution in [0, 0.1) is 6.92 Å². The molecule has 0 aliphatic heterocycles. The molecule has 0 aliphatic carbocycles. The molecule has 3 aromatic heterocycles. The number of aromatic nitrogens is 3. The first-order valence-electron chi connectivity index (χ1n) is 7.71. The van der Waals surface area contributed by atoms with E-state index in [0.717, 1.165) is 33.3 Å². The Kier molecular flexibility index (Phi) is 3.82. The van der Waals surface area contributed by atoms with Gasteiger partial charge >= 0.3 is 0 Å². The Bertz CT molecular complexity index is 1080. The fraction of sp³-hybridized carbons (Fsp3) is 0.235. The van der Waals surface area contributed by atoms with E-state index in [1.165, 1.54) is 4.70 Å². The van der Waals surface area contributed by atoms with Gasteiger partial charge in [0.25, 0.3) is 5.56 Å². The summed E-state index contributed by atoms with van der Waals surface area (Å²) in [7, 11) is 0. The lowest BCUT2D eigenvalue weighted by molar-refractivity contribution is 0.806. The molecule has 0 radical (unpaired) electrons. The zero-order chi connectivity index (χ0) is 16.7. The summed E-state index contributed by atoms with van der Waals surface area (Å²) in [5.74, 6) is 0. The molecule has 4 rings (SSSR count). The summed E-state index contributed by atoms with van der Waals surface area (Å²) < 4.78 is 2.78. The van der Waals surface area contributed by atoms with Gasteiger partial charge in [0, 0.05) is 29.4 Å². The average molecular weight is 356 g/mol. The van der Waals surface area contributed by atoms with Crippen LogP contribution in [0.5, 0.6) is 0 Å². The molecule has 7 heteroatoms. The Hall–Kier alpha value is -2.25. The second-order valence-electron chi connectivity index (χ2n) is 5.60. The van der Waals surface area contributed by atoms with Crippen molar-refractivity contribution in [2.45, 2.75) is 20.4 Å². The van der Waals surface area contributed by atoms with Gasteiger partial charge in [-0.05, 0) is 32.0 Å². The van der Waals surface area contributed by atoms with Crippen molar-refractivity contribution in [1.29, 1.82) is 0 Å². The largest absolute Gasteiger partial charge is 0.366 e. The van der Waals surface area contributed by atoms with Gasteiger partial charge in [0.2, 0.25) is 0 Å². The molecule has 0 fully saturated rings. The summed E-state index contributed by atoms with van der Waals surface area (Å²) in [5, 5.41) is 0. The number of benzene rings is 1. The SMILES string of the molecule is CCN(Cc1cc(=O)n2cc(C)sc2n1)c1ccc2ncsc2c1. The predicted octanol–water partition coefficient (Wildman–Crippen LogP) is 3.70. The molecule has 0 bridgehead atoms. The quantitative estimate of drug-likeness (QED) is 0.559. The zero-order valence-corrected chi connectivity index (χ0v) is 15.0. The van der Waals surface area contributed by atoms with Gasteiger partial charge in [-0.1, -0.05) is 0 Å². The molecular weight excluding hydrogens is 340 g/mol. The Morgan fingerprint density at radius 3 is 3.00 bits per heavy atom. The van der Waals surface area contributed by atoms with E-state index in [2.05, 4.69) is 33.9 Å². The van der Waals surface area contributed by atoms with E-state index in [4.69, 9.17) is 0 Å². The number of rotatable bonds is 4. The van der Waals surface area contributed by atoms with Crippen LogP contribution < -0.4 is 10.5 Å². The smallest absolute Gasteiger partial charge is 0.258 e. The maximum absolute atomic E-state index is 12.3. The number of anilines is 1. The van der Waals surface area contributed by atoms with E-state index in [1.807, 2.05) is 24.7 Å². The van der Waals surface area contributed by atoms with Gasteiger partial charge in [-0.25, -0.2) is 9.97 Å². The van der Waals surface area contributed by atoms with Crippen LogP contribution in [0.3, 0.4) is 0 Å². The van der Waals surface area contributed by atoms with E-state index in [-0.39, 0.29) is 5.56 Å². The Labute approximate surface area is 146 Å². The van der Waals surface area contributed by atoms with Crippen molar-refractivity contribution in [1.82, 2.24) is 14.4 Å². The summed E-state index contributed by atoms with van der Waals surface area (Å²) in [4.78, 5) is 25.3. The molecule has 122 valence electrons. The fourth-order valence-corrected chi connectivity index (χ4v) is 4.32. The zero-order valence-electron chi connectivity index (χ0n) is 13.4. The Morgan fingerprint density at radius 2 is 2.17 bits per heavy atom. The molecule has 0 saturated heterocycles. The van der Waals surface area contributed by atoms with Gasteiger partial charge in [0.1, 0.15) is 0 Å². The highest BCUT2D eigenvalue weighted by atomic mass is 32.1. The third-order valence-corrected chi connectivity index (χ3v) is 5.64. The second kappa shape index (κ2) is 5.99. The number of thiazole rings is 2. The van der Waals surface area contributed by atoms with Crippen molar-refractivity contribution in [3.8, 4) is 0 Å². The number of hydrogen-bond acceptors (Lipinski definition) is 6. The molecule has 0 aliphatic rings. The minimum Gasteiger partial charge on any atom is -0.366 e. The number of hydrogen-bond donors (Lipinski definition) is 0. The van der Waals surface area contributed by atoms with E-state index in [9.17, 15) is 4.79 Å². The van der Waals surface area contributed by atoms with Crippen molar-refractivity contribution in [3.63, 3.8) is 0 Å². The molecule has 4 aromatic rings. The summed E-state index contributed by atoms with van der Waals surface area (Å²) in [5.41, 5.74) is 4.78. The lowest BCUT2D eigenvalue weighted by atomic mass is 10.2. The minimum atomic E-state index is -0.0201. The first-order chi connectivity index (χ1) is 11.6. The molecule has 0 atom stereocenters. The molecular formula is C17H16N4OS2. The van der Waals surface area contributed by atoms with Gasteiger partial charge in [-0.15, -0.1) is 22.7 Å². The van der Waals surface area contributed by atoms with Crippen LogP contribution in [0.2, 0.25) is 0 Å². The van der Waals surface area contributed by atoms with E-state index >= 15 is 0 Å². The highest BCUT2D eigenvalue weighted by Gasteiger charge is 2.11. The van der Waals surface area contributed by atoms with E-state index in [1.54, 1.807) is 33.1 Å². The first kappa shape index (κ1) is 15.3. The summed E-state index contributed by atoms with van der Waals surface area (Å²) >= 11 is 3.18. The van der Waals surface area contributed by atoms with Crippen molar-refractivity contribution in [2.75, 3.05) is 11.4 Å². The topological polar surface area (TPSA) is 50.5 Å². The van der Waals surface area contributed by atoms with Gasteiger partial charge in [-0.3, -0.25) is 9.20 Å². The van der Waals surface area contributed by atoms with Gasteiger partial charge < -0.3 is 4.90 Å². The van der Waals surface area contributed by atoms with Crippen LogP contribution in [-0.4, -0.2) is 20.9 Å². The molecule has 24 heavy (non-hydrogen) atoms. The maximum atomic E-state index is 12.3. The van der Waals surface area contributed by atoms with Crippen LogP contribution in [0.1, 0.15) is 17.5 Å². The highest BCUT2D eigenvalue weighted by molar-refractivity contribution is 7.17. The molecule has 0 spiro atoms. The number of fused-ring (bicyclic) bond motifs is 2. The average Bonchev–Trinajstić information content (AvgIpc) is 3.17. The van der Waals surface area contributed by atoms with Crippen molar-refractivity contribution >= 4 is 43.5 Å². The molecule has 0 saturated carbocycles.